The van der Waals surface area contributed by atoms with Crippen LogP contribution in [-0.2, 0) is 4.79 Å². The third-order valence-corrected chi connectivity index (χ3v) is 4.73. The molecule has 3 rings (SSSR count). The summed E-state index contributed by atoms with van der Waals surface area (Å²) in [6.07, 6.45) is 1.13. The minimum Gasteiger partial charge on any atom is -0.497 e. The number of carbonyl (C=O) groups excluding carboxylic acids is 1. The molecule has 1 amide bonds. The van der Waals surface area contributed by atoms with Crippen LogP contribution in [0.5, 0.6) is 5.75 Å². The maximum atomic E-state index is 12.4. The van der Waals surface area contributed by atoms with Gasteiger partial charge in [0.1, 0.15) is 11.9 Å². The molecular weight excluding hydrogens is 342 g/mol. The molecule has 0 fully saturated rings. The van der Waals surface area contributed by atoms with Crippen LogP contribution < -0.4 is 10.1 Å². The van der Waals surface area contributed by atoms with Gasteiger partial charge in [0, 0.05) is 0 Å². The highest BCUT2D eigenvalue weighted by Crippen LogP contribution is 2.28. The van der Waals surface area contributed by atoms with Crippen LogP contribution >= 0.6 is 11.3 Å². The molecule has 0 saturated heterocycles. The molecule has 0 aliphatic heterocycles. The van der Waals surface area contributed by atoms with Gasteiger partial charge in [-0.05, 0) is 46.7 Å². The molecule has 1 aromatic heterocycles. The lowest BCUT2D eigenvalue weighted by atomic mass is 9.97. The molecule has 2 aromatic carbocycles. The van der Waals surface area contributed by atoms with Gasteiger partial charge >= 0.3 is 5.00 Å². The number of nitrogens with zero attached hydrogens (tertiary/aromatic N) is 2. The molecule has 7 nitrogen and oxygen atoms in total. The van der Waals surface area contributed by atoms with Crippen molar-refractivity contribution >= 4 is 38.1 Å². The molecule has 1 atom stereocenters. The van der Waals surface area contributed by atoms with Crippen LogP contribution in [0, 0.1) is 10.1 Å². The predicted octanol–water partition coefficient (Wildman–Crippen LogP) is 3.96. The minimum atomic E-state index is -0.533. The van der Waals surface area contributed by atoms with Gasteiger partial charge in [-0.1, -0.05) is 24.3 Å². The van der Waals surface area contributed by atoms with Gasteiger partial charge in [-0.2, -0.15) is 0 Å². The van der Waals surface area contributed by atoms with E-state index in [-0.39, 0.29) is 16.0 Å². The number of hydrogen-bond acceptors (Lipinski definition) is 6. The highest BCUT2D eigenvalue weighted by Gasteiger charge is 2.19. The number of nitro groups is 1. The second-order valence-electron chi connectivity index (χ2n) is 5.44. The first-order chi connectivity index (χ1) is 12.0. The zero-order valence-electron chi connectivity index (χ0n) is 13.6. The van der Waals surface area contributed by atoms with Crippen molar-refractivity contribution in [2.45, 2.75) is 12.8 Å². The van der Waals surface area contributed by atoms with Crippen LogP contribution in [0.1, 0.15) is 18.4 Å². The summed E-state index contributed by atoms with van der Waals surface area (Å²) in [6.45, 7) is 1.78. The summed E-state index contributed by atoms with van der Waals surface area (Å²) in [7, 11) is 1.62. The Hall–Kier alpha value is -3.00. The monoisotopic (exact) mass is 357 g/mol. The Morgan fingerprint density at radius 2 is 2.00 bits per heavy atom. The fourth-order valence-corrected chi connectivity index (χ4v) is 3.05. The van der Waals surface area contributed by atoms with Crippen LogP contribution in [0.25, 0.3) is 10.8 Å². The number of amides is 1. The molecule has 0 aliphatic carbocycles. The third kappa shape index (κ3) is 3.58. The van der Waals surface area contributed by atoms with Crippen LogP contribution in [-0.4, -0.2) is 22.9 Å². The predicted molar refractivity (Wildman–Crippen MR) is 96.3 cm³/mol. The first-order valence-electron chi connectivity index (χ1n) is 7.46. The summed E-state index contributed by atoms with van der Waals surface area (Å²) in [6, 6.07) is 11.5. The number of anilines is 1. The maximum absolute atomic E-state index is 12.4. The van der Waals surface area contributed by atoms with Crippen molar-refractivity contribution in [2.75, 3.05) is 12.4 Å². The number of benzene rings is 2. The molecule has 0 spiro atoms. The lowest BCUT2D eigenvalue weighted by Gasteiger charge is -2.12. The van der Waals surface area contributed by atoms with Crippen molar-refractivity contribution < 1.29 is 14.5 Å². The van der Waals surface area contributed by atoms with Crippen molar-refractivity contribution in [3.8, 4) is 5.75 Å². The molecular formula is C17H15N3O4S. The molecule has 0 radical (unpaired) electrons. The van der Waals surface area contributed by atoms with Gasteiger partial charge in [0.15, 0.2) is 5.13 Å². The third-order valence-electron chi connectivity index (χ3n) is 3.87. The second kappa shape index (κ2) is 6.86. The first-order valence-corrected chi connectivity index (χ1v) is 8.28. The van der Waals surface area contributed by atoms with E-state index in [4.69, 9.17) is 4.74 Å². The molecule has 8 heteroatoms. The van der Waals surface area contributed by atoms with Crippen LogP contribution in [0.4, 0.5) is 10.1 Å². The van der Waals surface area contributed by atoms with Gasteiger partial charge in [0.25, 0.3) is 0 Å². The average molecular weight is 357 g/mol. The molecule has 0 bridgehead atoms. The summed E-state index contributed by atoms with van der Waals surface area (Å²) in [5.41, 5.74) is 0.848. The highest BCUT2D eigenvalue weighted by atomic mass is 32.1. The molecule has 0 saturated carbocycles. The zero-order chi connectivity index (χ0) is 18.0. The van der Waals surface area contributed by atoms with E-state index < -0.39 is 10.8 Å². The average Bonchev–Trinajstić information content (AvgIpc) is 3.08. The topological polar surface area (TPSA) is 94.4 Å². The first kappa shape index (κ1) is 16.8. The largest absolute Gasteiger partial charge is 0.497 e. The molecule has 1 heterocycles. The fraction of sp³-hybridized carbons (Fsp3) is 0.176. The maximum Gasteiger partial charge on any atom is 0.345 e. The van der Waals surface area contributed by atoms with Crippen LogP contribution in [0.2, 0.25) is 0 Å². The van der Waals surface area contributed by atoms with E-state index >= 15 is 0 Å². The highest BCUT2D eigenvalue weighted by molar-refractivity contribution is 7.18. The number of fused-ring (bicyclic) bond motifs is 1. The van der Waals surface area contributed by atoms with Crippen molar-refractivity contribution in [2.24, 2.45) is 0 Å². The lowest BCUT2D eigenvalue weighted by Crippen LogP contribution is -2.18. The number of ether oxygens (including phenoxy) is 1. The number of nitrogens with one attached hydrogen (secondary N) is 1. The van der Waals surface area contributed by atoms with Gasteiger partial charge < -0.3 is 10.1 Å². The quantitative estimate of drug-likeness (QED) is 0.551. The minimum absolute atomic E-state index is 0.109. The van der Waals surface area contributed by atoms with E-state index in [0.29, 0.717) is 0 Å². The molecule has 128 valence electrons. The number of hydrogen-bond donors (Lipinski definition) is 1. The SMILES string of the molecule is COc1ccc2cc([C@H](C)C(=O)Nc3ncc([N+](=O)[O-])s3)ccc2c1. The van der Waals surface area contributed by atoms with E-state index in [9.17, 15) is 14.9 Å². The Morgan fingerprint density at radius 3 is 2.68 bits per heavy atom. The van der Waals surface area contributed by atoms with Crippen molar-refractivity contribution in [1.29, 1.82) is 0 Å². The number of carbonyl (C=O) groups is 1. The van der Waals surface area contributed by atoms with Crippen molar-refractivity contribution in [3.63, 3.8) is 0 Å². The Morgan fingerprint density at radius 1 is 1.28 bits per heavy atom. The zero-order valence-corrected chi connectivity index (χ0v) is 14.4. The van der Waals surface area contributed by atoms with E-state index in [1.807, 2.05) is 36.4 Å². The normalized spacial score (nSPS) is 11.9. The summed E-state index contributed by atoms with van der Waals surface area (Å²) >= 11 is 0.833. The second-order valence-corrected chi connectivity index (χ2v) is 6.45. The molecule has 25 heavy (non-hydrogen) atoms. The molecule has 1 N–H and O–H groups in total. The summed E-state index contributed by atoms with van der Waals surface area (Å²) in [5, 5.41) is 15.4. The van der Waals surface area contributed by atoms with Crippen LogP contribution in [0.3, 0.4) is 0 Å². The Kier molecular flexibility index (Phi) is 4.62. The van der Waals surface area contributed by atoms with Crippen molar-refractivity contribution in [1.82, 2.24) is 4.98 Å². The molecule has 3 aromatic rings. The Labute approximate surface area is 147 Å². The number of methoxy groups -OCH3 is 1. The van der Waals surface area contributed by atoms with E-state index in [1.165, 1.54) is 0 Å². The number of aromatic nitrogens is 1. The van der Waals surface area contributed by atoms with Gasteiger partial charge in [-0.3, -0.25) is 14.9 Å². The van der Waals surface area contributed by atoms with Gasteiger partial charge in [0.05, 0.1) is 18.0 Å². The van der Waals surface area contributed by atoms with Crippen molar-refractivity contribution in [3.05, 3.63) is 58.3 Å². The smallest absolute Gasteiger partial charge is 0.345 e. The fourth-order valence-electron chi connectivity index (χ4n) is 2.41. The van der Waals surface area contributed by atoms with E-state index in [1.54, 1.807) is 14.0 Å². The Bertz CT molecular complexity index is 954. The summed E-state index contributed by atoms with van der Waals surface area (Å²) < 4.78 is 5.21. The lowest BCUT2D eigenvalue weighted by molar-refractivity contribution is -0.380. The summed E-state index contributed by atoms with van der Waals surface area (Å²) in [4.78, 5) is 26.4. The van der Waals surface area contributed by atoms with Gasteiger partial charge in [-0.15, -0.1) is 0 Å². The van der Waals surface area contributed by atoms with E-state index in [2.05, 4.69) is 10.3 Å². The number of thiazole rings is 1. The van der Waals surface area contributed by atoms with Gasteiger partial charge in [0.2, 0.25) is 5.91 Å². The van der Waals surface area contributed by atoms with Gasteiger partial charge in [-0.25, -0.2) is 4.98 Å². The Balaban J connectivity index is 1.79. The standard InChI is InChI=1S/C17H15N3O4S/c1-10(16(21)19-17-18-9-15(25-17)20(22)23)11-3-4-13-8-14(24-2)6-5-12(13)7-11/h3-10H,1-2H3,(H,18,19,21)/t10-/m0/s1. The molecule has 0 aliphatic rings. The van der Waals surface area contributed by atoms with E-state index in [0.717, 1.165) is 39.6 Å². The molecule has 0 unspecified atom stereocenters. The van der Waals surface area contributed by atoms with Crippen LogP contribution in [0.15, 0.2) is 42.6 Å². The summed E-state index contributed by atoms with van der Waals surface area (Å²) in [5.74, 6) is 0.0861. The number of rotatable bonds is 5.